The number of piperidine rings is 1. The predicted octanol–water partition coefficient (Wildman–Crippen LogP) is 1.06. The molecule has 2 heterocycles. The molecule has 0 aromatic carbocycles. The second-order valence-electron chi connectivity index (χ2n) is 5.65. The molecule has 4 nitrogen and oxygen atoms in total. The summed E-state index contributed by atoms with van der Waals surface area (Å²) in [4.78, 5) is 12.0. The van der Waals surface area contributed by atoms with Crippen molar-refractivity contribution in [3.05, 3.63) is 0 Å². The van der Waals surface area contributed by atoms with Gasteiger partial charge in [-0.2, -0.15) is 0 Å². The molecule has 2 aliphatic heterocycles. The molecule has 2 aliphatic rings. The fraction of sp³-hybridized carbons (Fsp3) is 0.923. The van der Waals surface area contributed by atoms with Crippen LogP contribution in [0.15, 0.2) is 0 Å². The number of amides is 1. The zero-order valence-electron chi connectivity index (χ0n) is 10.9. The van der Waals surface area contributed by atoms with Gasteiger partial charge in [0.05, 0.1) is 11.6 Å². The molecule has 2 N–H and O–H groups in total. The lowest BCUT2D eigenvalue weighted by atomic mass is 9.92. The SMILES string of the molecule is CC1OCCC1(C)NC(=O)CC1CCCNC1. The second-order valence-corrected chi connectivity index (χ2v) is 5.65. The first-order chi connectivity index (χ1) is 8.10. The molecule has 0 spiro atoms. The average molecular weight is 240 g/mol. The van der Waals surface area contributed by atoms with Gasteiger partial charge in [-0.1, -0.05) is 0 Å². The highest BCUT2D eigenvalue weighted by Gasteiger charge is 2.38. The van der Waals surface area contributed by atoms with Gasteiger partial charge in [0.2, 0.25) is 5.91 Å². The molecule has 1 amide bonds. The van der Waals surface area contributed by atoms with Crippen LogP contribution in [0.25, 0.3) is 0 Å². The third kappa shape index (κ3) is 3.19. The summed E-state index contributed by atoms with van der Waals surface area (Å²) in [5, 5.41) is 6.51. The van der Waals surface area contributed by atoms with E-state index >= 15 is 0 Å². The number of hydrogen-bond acceptors (Lipinski definition) is 3. The van der Waals surface area contributed by atoms with Crippen LogP contribution in [0.1, 0.15) is 39.5 Å². The number of carbonyl (C=O) groups is 1. The third-order valence-electron chi connectivity index (χ3n) is 4.18. The molecule has 0 saturated carbocycles. The fourth-order valence-electron chi connectivity index (χ4n) is 2.73. The Kier molecular flexibility index (Phi) is 4.05. The van der Waals surface area contributed by atoms with E-state index in [-0.39, 0.29) is 17.6 Å². The quantitative estimate of drug-likeness (QED) is 0.775. The number of nitrogens with one attached hydrogen (secondary N) is 2. The molecule has 2 rings (SSSR count). The molecule has 0 bridgehead atoms. The topological polar surface area (TPSA) is 50.4 Å². The first-order valence-corrected chi connectivity index (χ1v) is 6.73. The minimum atomic E-state index is -0.167. The molecule has 17 heavy (non-hydrogen) atoms. The summed E-state index contributed by atoms with van der Waals surface area (Å²) in [6.07, 6.45) is 4.05. The van der Waals surface area contributed by atoms with Gasteiger partial charge in [0.1, 0.15) is 0 Å². The van der Waals surface area contributed by atoms with Gasteiger partial charge in [0.15, 0.2) is 0 Å². The number of ether oxygens (including phenoxy) is 1. The molecule has 0 aromatic heterocycles. The largest absolute Gasteiger partial charge is 0.376 e. The van der Waals surface area contributed by atoms with Crippen LogP contribution in [0, 0.1) is 5.92 Å². The Morgan fingerprint density at radius 1 is 1.59 bits per heavy atom. The van der Waals surface area contributed by atoms with E-state index in [0.717, 1.165) is 26.1 Å². The predicted molar refractivity (Wildman–Crippen MR) is 66.8 cm³/mol. The maximum atomic E-state index is 12.0. The normalized spacial score (nSPS) is 38.0. The van der Waals surface area contributed by atoms with Crippen molar-refractivity contribution in [1.29, 1.82) is 0 Å². The van der Waals surface area contributed by atoms with E-state index in [1.54, 1.807) is 0 Å². The molecule has 4 heteroatoms. The Morgan fingerprint density at radius 3 is 3.00 bits per heavy atom. The Bertz CT molecular complexity index is 277. The highest BCUT2D eigenvalue weighted by Crippen LogP contribution is 2.25. The van der Waals surface area contributed by atoms with Crippen LogP contribution in [-0.4, -0.2) is 37.2 Å². The smallest absolute Gasteiger partial charge is 0.220 e. The fourth-order valence-corrected chi connectivity index (χ4v) is 2.73. The molecular weight excluding hydrogens is 216 g/mol. The summed E-state index contributed by atoms with van der Waals surface area (Å²) >= 11 is 0. The summed E-state index contributed by atoms with van der Waals surface area (Å²) in [5.41, 5.74) is -0.167. The van der Waals surface area contributed by atoms with Gasteiger partial charge in [0, 0.05) is 13.0 Å². The van der Waals surface area contributed by atoms with E-state index in [1.165, 1.54) is 12.8 Å². The number of hydrogen-bond donors (Lipinski definition) is 2. The van der Waals surface area contributed by atoms with E-state index in [1.807, 2.05) is 6.92 Å². The van der Waals surface area contributed by atoms with E-state index in [9.17, 15) is 4.79 Å². The lowest BCUT2D eigenvalue weighted by Gasteiger charge is -2.30. The highest BCUT2D eigenvalue weighted by molar-refractivity contribution is 5.77. The molecule has 98 valence electrons. The molecule has 0 aliphatic carbocycles. The van der Waals surface area contributed by atoms with E-state index in [4.69, 9.17) is 4.74 Å². The monoisotopic (exact) mass is 240 g/mol. The van der Waals surface area contributed by atoms with Gasteiger partial charge in [0.25, 0.3) is 0 Å². The van der Waals surface area contributed by atoms with Crippen LogP contribution in [0.2, 0.25) is 0 Å². The van der Waals surface area contributed by atoms with Crippen molar-refractivity contribution < 1.29 is 9.53 Å². The standard InChI is InChI=1S/C13H24N2O2/c1-10-13(2,5-7-17-10)15-12(16)8-11-4-3-6-14-9-11/h10-11,14H,3-9H2,1-2H3,(H,15,16). The summed E-state index contributed by atoms with van der Waals surface area (Å²) < 4.78 is 5.53. The van der Waals surface area contributed by atoms with Crippen molar-refractivity contribution in [1.82, 2.24) is 10.6 Å². The van der Waals surface area contributed by atoms with Crippen LogP contribution in [-0.2, 0) is 9.53 Å². The van der Waals surface area contributed by atoms with Crippen molar-refractivity contribution in [2.75, 3.05) is 19.7 Å². The number of rotatable bonds is 3. The van der Waals surface area contributed by atoms with Crippen molar-refractivity contribution in [3.63, 3.8) is 0 Å². The van der Waals surface area contributed by atoms with Gasteiger partial charge in [-0.3, -0.25) is 4.79 Å². The minimum Gasteiger partial charge on any atom is -0.376 e. The van der Waals surface area contributed by atoms with Crippen LogP contribution in [0.4, 0.5) is 0 Å². The maximum Gasteiger partial charge on any atom is 0.220 e. The summed E-state index contributed by atoms with van der Waals surface area (Å²) in [7, 11) is 0. The van der Waals surface area contributed by atoms with Crippen LogP contribution >= 0.6 is 0 Å². The second kappa shape index (κ2) is 5.36. The van der Waals surface area contributed by atoms with E-state index in [2.05, 4.69) is 17.6 Å². The van der Waals surface area contributed by atoms with Crippen molar-refractivity contribution >= 4 is 5.91 Å². The lowest BCUT2D eigenvalue weighted by Crippen LogP contribution is -2.51. The van der Waals surface area contributed by atoms with Gasteiger partial charge >= 0.3 is 0 Å². The van der Waals surface area contributed by atoms with Crippen LogP contribution < -0.4 is 10.6 Å². The summed E-state index contributed by atoms with van der Waals surface area (Å²) in [5.74, 6) is 0.684. The van der Waals surface area contributed by atoms with Gasteiger partial charge in [-0.25, -0.2) is 0 Å². The van der Waals surface area contributed by atoms with Crippen LogP contribution in [0.3, 0.4) is 0 Å². The van der Waals surface area contributed by atoms with Crippen LogP contribution in [0.5, 0.6) is 0 Å². The minimum absolute atomic E-state index is 0.121. The molecule has 0 aromatic rings. The third-order valence-corrected chi connectivity index (χ3v) is 4.18. The molecule has 0 radical (unpaired) electrons. The van der Waals surface area contributed by atoms with Crippen molar-refractivity contribution in [2.45, 2.75) is 51.2 Å². The Morgan fingerprint density at radius 2 is 2.41 bits per heavy atom. The zero-order valence-corrected chi connectivity index (χ0v) is 10.9. The zero-order chi connectivity index (χ0) is 12.3. The van der Waals surface area contributed by atoms with Crippen molar-refractivity contribution in [3.8, 4) is 0 Å². The molecule has 3 atom stereocenters. The Balaban J connectivity index is 1.80. The Labute approximate surface area is 103 Å². The molecule has 3 unspecified atom stereocenters. The van der Waals surface area contributed by atoms with Gasteiger partial charge in [-0.15, -0.1) is 0 Å². The molecule has 2 fully saturated rings. The Hall–Kier alpha value is -0.610. The van der Waals surface area contributed by atoms with Gasteiger partial charge in [-0.05, 0) is 52.1 Å². The van der Waals surface area contributed by atoms with E-state index < -0.39 is 0 Å². The maximum absolute atomic E-state index is 12.0. The first-order valence-electron chi connectivity index (χ1n) is 6.73. The average Bonchev–Trinajstić information content (AvgIpc) is 2.60. The number of carbonyl (C=O) groups excluding carboxylic acids is 1. The molecule has 2 saturated heterocycles. The first kappa shape index (κ1) is 12.8. The highest BCUT2D eigenvalue weighted by atomic mass is 16.5. The van der Waals surface area contributed by atoms with Gasteiger partial charge < -0.3 is 15.4 Å². The summed E-state index contributed by atoms with van der Waals surface area (Å²) in [6.45, 7) is 6.96. The lowest BCUT2D eigenvalue weighted by molar-refractivity contribution is -0.124. The summed E-state index contributed by atoms with van der Waals surface area (Å²) in [6, 6.07) is 0. The van der Waals surface area contributed by atoms with E-state index in [0.29, 0.717) is 12.3 Å². The van der Waals surface area contributed by atoms with Crippen molar-refractivity contribution in [2.24, 2.45) is 5.92 Å². The molecular formula is C13H24N2O2.